The second kappa shape index (κ2) is 8.91. The van der Waals surface area contributed by atoms with Gasteiger partial charge in [-0.1, -0.05) is 18.2 Å². The molecule has 1 heterocycles. The van der Waals surface area contributed by atoms with Crippen LogP contribution >= 0.6 is 0 Å². The Hall–Kier alpha value is -2.77. The van der Waals surface area contributed by atoms with E-state index in [0.29, 0.717) is 18.5 Å². The van der Waals surface area contributed by atoms with Gasteiger partial charge >= 0.3 is 6.55 Å². The van der Waals surface area contributed by atoms with Crippen LogP contribution in [0, 0.1) is 0 Å². The van der Waals surface area contributed by atoms with Crippen LogP contribution in [-0.2, 0) is 11.3 Å². The number of hydrogen-bond acceptors (Lipinski definition) is 3. The van der Waals surface area contributed by atoms with Gasteiger partial charge < -0.3 is 10.2 Å². The Balaban J connectivity index is 1.73. The lowest BCUT2D eigenvalue weighted by Crippen LogP contribution is -2.29. The molecule has 25 heavy (non-hydrogen) atoms. The summed E-state index contributed by atoms with van der Waals surface area (Å²) in [5.74, 6) is -0.263. The fourth-order valence-electron chi connectivity index (χ4n) is 2.27. The molecule has 8 heteroatoms. The maximum Gasteiger partial charge on any atom is 0.319 e. The van der Waals surface area contributed by atoms with Crippen molar-refractivity contribution in [3.05, 3.63) is 54.1 Å². The molecule has 1 N–H and O–H groups in total. The normalized spacial score (nSPS) is 10.7. The van der Waals surface area contributed by atoms with Crippen molar-refractivity contribution in [2.75, 3.05) is 13.6 Å². The number of amides is 2. The van der Waals surface area contributed by atoms with Crippen LogP contribution in [0.15, 0.2) is 42.7 Å². The zero-order valence-corrected chi connectivity index (χ0v) is 13.9. The highest BCUT2D eigenvalue weighted by molar-refractivity contribution is 5.94. The molecule has 0 fully saturated rings. The number of aromatic nitrogens is 2. The molecule has 1 aromatic heterocycles. The summed E-state index contributed by atoms with van der Waals surface area (Å²) in [6.07, 6.45) is 3.13. The summed E-state index contributed by atoms with van der Waals surface area (Å²) in [6.45, 7) is -2.32. The van der Waals surface area contributed by atoms with Crippen LogP contribution in [0.4, 0.5) is 8.78 Å². The Morgan fingerprint density at radius 3 is 2.68 bits per heavy atom. The molecular weight excluding hydrogens is 330 g/mol. The molecule has 0 bridgehead atoms. The van der Waals surface area contributed by atoms with Crippen molar-refractivity contribution in [2.45, 2.75) is 25.9 Å². The van der Waals surface area contributed by atoms with Gasteiger partial charge in [0.05, 0.1) is 6.54 Å². The number of hydrogen-bond donors (Lipinski definition) is 1. The van der Waals surface area contributed by atoms with Gasteiger partial charge in [-0.3, -0.25) is 14.2 Å². The fourth-order valence-corrected chi connectivity index (χ4v) is 2.27. The number of imidazole rings is 1. The second-order valence-corrected chi connectivity index (χ2v) is 5.50. The summed E-state index contributed by atoms with van der Waals surface area (Å²) in [4.78, 5) is 29.1. The average molecular weight is 350 g/mol. The zero-order chi connectivity index (χ0) is 18.2. The first-order valence-corrected chi connectivity index (χ1v) is 7.86. The van der Waals surface area contributed by atoms with E-state index in [2.05, 4.69) is 10.3 Å². The largest absolute Gasteiger partial charge is 0.352 e. The summed E-state index contributed by atoms with van der Waals surface area (Å²) < 4.78 is 26.2. The minimum absolute atomic E-state index is 0.00650. The molecule has 134 valence electrons. The molecule has 0 saturated carbocycles. The summed E-state index contributed by atoms with van der Waals surface area (Å²) in [7, 11) is 1.54. The van der Waals surface area contributed by atoms with E-state index in [4.69, 9.17) is 0 Å². The minimum atomic E-state index is -2.69. The van der Waals surface area contributed by atoms with Gasteiger partial charge in [0.1, 0.15) is 5.82 Å². The number of alkyl halides is 2. The molecule has 0 aliphatic rings. The SMILES string of the molecule is CN(Cc1nccn1C(F)F)C(=O)CCCNC(=O)c1ccccc1. The molecule has 0 aliphatic heterocycles. The number of nitrogens with one attached hydrogen (secondary N) is 1. The molecule has 0 radical (unpaired) electrons. The van der Waals surface area contributed by atoms with Crippen molar-refractivity contribution in [3.63, 3.8) is 0 Å². The van der Waals surface area contributed by atoms with Crippen LogP contribution in [0.25, 0.3) is 0 Å². The van der Waals surface area contributed by atoms with Crippen LogP contribution in [0.1, 0.15) is 35.6 Å². The Morgan fingerprint density at radius 2 is 2.00 bits per heavy atom. The number of nitrogens with zero attached hydrogens (tertiary/aromatic N) is 3. The zero-order valence-electron chi connectivity index (χ0n) is 13.9. The number of carbonyl (C=O) groups excluding carboxylic acids is 2. The summed E-state index contributed by atoms with van der Waals surface area (Å²) in [6, 6.07) is 8.79. The highest BCUT2D eigenvalue weighted by Gasteiger charge is 2.16. The molecule has 0 aliphatic carbocycles. The van der Waals surface area contributed by atoms with Crippen LogP contribution in [-0.4, -0.2) is 39.9 Å². The molecule has 0 unspecified atom stereocenters. The van der Waals surface area contributed by atoms with Crippen molar-refractivity contribution < 1.29 is 18.4 Å². The average Bonchev–Trinajstić information content (AvgIpc) is 3.07. The predicted molar refractivity (Wildman–Crippen MR) is 88.0 cm³/mol. The summed E-state index contributed by atoms with van der Waals surface area (Å²) >= 11 is 0. The Bertz CT molecular complexity index is 704. The summed E-state index contributed by atoms with van der Waals surface area (Å²) in [5, 5.41) is 2.74. The van der Waals surface area contributed by atoms with Crippen LogP contribution < -0.4 is 5.32 Å². The van der Waals surface area contributed by atoms with Gasteiger partial charge in [0.15, 0.2) is 0 Å². The number of halogens is 2. The van der Waals surface area contributed by atoms with E-state index < -0.39 is 6.55 Å². The van der Waals surface area contributed by atoms with Crippen LogP contribution in [0.2, 0.25) is 0 Å². The summed E-state index contributed by atoms with van der Waals surface area (Å²) in [5.41, 5.74) is 0.560. The second-order valence-electron chi connectivity index (χ2n) is 5.50. The first kappa shape index (κ1) is 18.6. The number of rotatable bonds is 8. The molecular formula is C17H20F2N4O2. The van der Waals surface area contributed by atoms with E-state index in [0.717, 1.165) is 4.57 Å². The molecule has 2 aromatic rings. The molecule has 2 rings (SSSR count). The molecule has 2 amide bonds. The highest BCUT2D eigenvalue weighted by Crippen LogP contribution is 2.13. The van der Waals surface area contributed by atoms with Gasteiger partial charge in [0.2, 0.25) is 5.91 Å². The van der Waals surface area contributed by atoms with Gasteiger partial charge in [-0.15, -0.1) is 0 Å². The van der Waals surface area contributed by atoms with E-state index in [1.54, 1.807) is 24.3 Å². The maximum absolute atomic E-state index is 12.8. The van der Waals surface area contributed by atoms with E-state index in [1.807, 2.05) is 6.07 Å². The highest BCUT2D eigenvalue weighted by atomic mass is 19.3. The van der Waals surface area contributed by atoms with Crippen LogP contribution in [0.5, 0.6) is 0 Å². The fraction of sp³-hybridized carbons (Fsp3) is 0.353. The monoisotopic (exact) mass is 350 g/mol. The molecule has 0 spiro atoms. The van der Waals surface area contributed by atoms with Crippen molar-refractivity contribution >= 4 is 11.8 Å². The van der Waals surface area contributed by atoms with Crippen molar-refractivity contribution in [2.24, 2.45) is 0 Å². The van der Waals surface area contributed by atoms with E-state index >= 15 is 0 Å². The number of benzene rings is 1. The maximum atomic E-state index is 12.8. The lowest BCUT2D eigenvalue weighted by Gasteiger charge is -2.17. The third-order valence-corrected chi connectivity index (χ3v) is 3.65. The first-order chi connectivity index (χ1) is 12.0. The van der Waals surface area contributed by atoms with Gasteiger partial charge in [-0.25, -0.2) is 4.98 Å². The van der Waals surface area contributed by atoms with Crippen LogP contribution in [0.3, 0.4) is 0 Å². The van der Waals surface area contributed by atoms with E-state index in [1.165, 1.54) is 24.3 Å². The van der Waals surface area contributed by atoms with Crippen molar-refractivity contribution in [1.29, 1.82) is 0 Å². The quantitative estimate of drug-likeness (QED) is 0.744. The predicted octanol–water partition coefficient (Wildman–Crippen LogP) is 2.45. The van der Waals surface area contributed by atoms with Gasteiger partial charge in [0.25, 0.3) is 5.91 Å². The van der Waals surface area contributed by atoms with Gasteiger partial charge in [-0.2, -0.15) is 8.78 Å². The molecule has 0 saturated heterocycles. The first-order valence-electron chi connectivity index (χ1n) is 7.86. The Morgan fingerprint density at radius 1 is 1.28 bits per heavy atom. The van der Waals surface area contributed by atoms with Crippen molar-refractivity contribution in [1.82, 2.24) is 19.8 Å². The lowest BCUT2D eigenvalue weighted by atomic mass is 10.2. The van der Waals surface area contributed by atoms with Gasteiger partial charge in [-0.05, 0) is 18.6 Å². The molecule has 0 atom stereocenters. The molecule has 6 nitrogen and oxygen atoms in total. The van der Waals surface area contributed by atoms with Gasteiger partial charge in [0, 0.05) is 38.0 Å². The molecule has 1 aromatic carbocycles. The standard InChI is InChI=1S/C17H20F2N4O2/c1-22(12-14-20-10-11-23(14)17(18)19)15(24)8-5-9-21-16(25)13-6-3-2-4-7-13/h2-4,6-7,10-11,17H,5,8-9,12H2,1H3,(H,21,25). The minimum Gasteiger partial charge on any atom is -0.352 e. The third-order valence-electron chi connectivity index (χ3n) is 3.65. The smallest absolute Gasteiger partial charge is 0.319 e. The Labute approximate surface area is 144 Å². The van der Waals surface area contributed by atoms with Crippen molar-refractivity contribution in [3.8, 4) is 0 Å². The van der Waals surface area contributed by atoms with E-state index in [-0.39, 0.29) is 30.6 Å². The van der Waals surface area contributed by atoms with E-state index in [9.17, 15) is 18.4 Å². The third kappa shape index (κ3) is 5.37. The topological polar surface area (TPSA) is 67.2 Å². The lowest BCUT2D eigenvalue weighted by molar-refractivity contribution is -0.130. The number of carbonyl (C=O) groups is 2. The Kier molecular flexibility index (Phi) is 6.62.